The summed E-state index contributed by atoms with van der Waals surface area (Å²) in [4.78, 5) is 13.9. The summed E-state index contributed by atoms with van der Waals surface area (Å²) in [5.74, 6) is 0.0555. The Bertz CT molecular complexity index is 284. The minimum absolute atomic E-state index is 0.0555. The highest BCUT2D eigenvalue weighted by Crippen LogP contribution is 2.27. The Morgan fingerprint density at radius 2 is 2.00 bits per heavy atom. The Balaban J connectivity index is 1.76. The van der Waals surface area contributed by atoms with E-state index in [-0.39, 0.29) is 11.4 Å². The number of ether oxygens (including phenoxy) is 2. The second kappa shape index (κ2) is 5.99. The van der Waals surface area contributed by atoms with E-state index >= 15 is 0 Å². The smallest absolute Gasteiger partial charge is 0.251 e. The Hall–Kier alpha value is -0.650. The first-order valence-corrected chi connectivity index (χ1v) is 6.88. The lowest BCUT2D eigenvalue weighted by molar-refractivity contribution is -0.147. The maximum Gasteiger partial charge on any atom is 0.251 e. The van der Waals surface area contributed by atoms with Crippen molar-refractivity contribution < 1.29 is 14.3 Å². The molecule has 1 saturated heterocycles. The van der Waals surface area contributed by atoms with Gasteiger partial charge >= 0.3 is 0 Å². The van der Waals surface area contributed by atoms with E-state index in [9.17, 15) is 4.79 Å². The molecule has 1 saturated carbocycles. The minimum Gasteiger partial charge on any atom is -0.378 e. The van der Waals surface area contributed by atoms with Crippen molar-refractivity contribution >= 4 is 5.91 Å². The van der Waals surface area contributed by atoms with Crippen molar-refractivity contribution in [1.29, 1.82) is 0 Å². The van der Waals surface area contributed by atoms with Gasteiger partial charge in [0.25, 0.3) is 5.91 Å². The normalized spacial score (nSPS) is 25.1. The molecule has 18 heavy (non-hydrogen) atoms. The van der Waals surface area contributed by atoms with Gasteiger partial charge in [-0.3, -0.25) is 4.79 Å². The van der Waals surface area contributed by atoms with Gasteiger partial charge in [0.05, 0.1) is 19.8 Å². The molecule has 1 aliphatic carbocycles. The van der Waals surface area contributed by atoms with Gasteiger partial charge in [0, 0.05) is 18.6 Å². The third kappa shape index (κ3) is 3.43. The molecule has 1 aliphatic heterocycles. The molecule has 1 heterocycles. The fourth-order valence-corrected chi connectivity index (χ4v) is 2.63. The predicted octanol–water partition coefficient (Wildman–Crippen LogP) is 0.522. The van der Waals surface area contributed by atoms with Crippen LogP contribution in [0.1, 0.15) is 32.6 Å². The third-order valence-electron chi connectivity index (χ3n) is 3.89. The van der Waals surface area contributed by atoms with Crippen LogP contribution in [0, 0.1) is 0 Å². The number of carbonyl (C=O) groups is 1. The molecule has 104 valence electrons. The highest BCUT2D eigenvalue weighted by atomic mass is 16.5. The molecular weight excluding hydrogens is 232 g/mol. The molecule has 1 unspecified atom stereocenters. The summed E-state index contributed by atoms with van der Waals surface area (Å²) >= 11 is 0. The fourth-order valence-electron chi connectivity index (χ4n) is 2.63. The van der Waals surface area contributed by atoms with E-state index in [2.05, 4.69) is 0 Å². The summed E-state index contributed by atoms with van der Waals surface area (Å²) in [5.41, 5.74) is 6.01. The average molecular weight is 256 g/mol. The van der Waals surface area contributed by atoms with E-state index in [1.165, 1.54) is 12.8 Å². The van der Waals surface area contributed by atoms with E-state index in [4.69, 9.17) is 15.2 Å². The Morgan fingerprint density at radius 1 is 1.39 bits per heavy atom. The van der Waals surface area contributed by atoms with Crippen LogP contribution in [0.3, 0.4) is 0 Å². The molecule has 0 radical (unpaired) electrons. The molecule has 0 aromatic rings. The molecule has 2 N–H and O–H groups in total. The Labute approximate surface area is 109 Å². The monoisotopic (exact) mass is 256 g/mol. The highest BCUT2D eigenvalue weighted by Gasteiger charge is 2.31. The molecule has 0 spiro atoms. The van der Waals surface area contributed by atoms with Gasteiger partial charge in [-0.25, -0.2) is 0 Å². The number of morpholine rings is 1. The van der Waals surface area contributed by atoms with Crippen molar-refractivity contribution in [2.75, 3.05) is 32.9 Å². The zero-order chi connectivity index (χ0) is 13.0. The first-order valence-electron chi connectivity index (χ1n) is 6.88. The first kappa shape index (κ1) is 13.8. The summed E-state index contributed by atoms with van der Waals surface area (Å²) in [7, 11) is 0. The molecule has 0 bridgehead atoms. The van der Waals surface area contributed by atoms with E-state index < -0.39 is 6.10 Å². The number of hydrogen-bond donors (Lipinski definition) is 1. The van der Waals surface area contributed by atoms with Crippen LogP contribution in [-0.2, 0) is 14.3 Å². The van der Waals surface area contributed by atoms with Crippen LogP contribution in [0.4, 0.5) is 0 Å². The molecule has 2 fully saturated rings. The van der Waals surface area contributed by atoms with E-state index in [0.29, 0.717) is 32.9 Å². The van der Waals surface area contributed by atoms with Crippen molar-refractivity contribution in [1.82, 2.24) is 4.90 Å². The lowest BCUT2D eigenvalue weighted by atomic mass is 10.0. The quantitative estimate of drug-likeness (QED) is 0.796. The second-order valence-corrected chi connectivity index (χ2v) is 5.46. The molecule has 5 heteroatoms. The number of hydrogen-bond acceptors (Lipinski definition) is 4. The van der Waals surface area contributed by atoms with Gasteiger partial charge in [-0.05, 0) is 19.8 Å². The van der Waals surface area contributed by atoms with Crippen molar-refractivity contribution in [2.45, 2.75) is 44.2 Å². The number of rotatable bonds is 4. The van der Waals surface area contributed by atoms with Crippen LogP contribution in [-0.4, -0.2) is 55.4 Å². The molecular formula is C13H24N2O3. The number of nitrogens with zero attached hydrogens (tertiary/aromatic N) is 1. The summed E-state index contributed by atoms with van der Waals surface area (Å²) in [6.45, 7) is 4.89. The zero-order valence-corrected chi connectivity index (χ0v) is 11.2. The van der Waals surface area contributed by atoms with Gasteiger partial charge in [-0.2, -0.15) is 0 Å². The topological polar surface area (TPSA) is 64.8 Å². The zero-order valence-electron chi connectivity index (χ0n) is 11.2. The van der Waals surface area contributed by atoms with Crippen LogP contribution in [0.2, 0.25) is 0 Å². The number of nitrogens with two attached hydrogens (primary N) is 1. The summed E-state index contributed by atoms with van der Waals surface area (Å²) in [5, 5.41) is 0. The molecule has 1 atom stereocenters. The molecule has 0 aromatic heterocycles. The van der Waals surface area contributed by atoms with Gasteiger partial charge < -0.3 is 20.1 Å². The van der Waals surface area contributed by atoms with Gasteiger partial charge in [-0.1, -0.05) is 12.8 Å². The van der Waals surface area contributed by atoms with E-state index in [0.717, 1.165) is 12.8 Å². The Kier molecular flexibility index (Phi) is 4.59. The lowest BCUT2D eigenvalue weighted by Gasteiger charge is -2.31. The molecule has 5 nitrogen and oxygen atoms in total. The van der Waals surface area contributed by atoms with Crippen molar-refractivity contribution in [3.05, 3.63) is 0 Å². The van der Waals surface area contributed by atoms with E-state index in [1.807, 2.05) is 11.8 Å². The second-order valence-electron chi connectivity index (χ2n) is 5.46. The molecule has 0 aromatic carbocycles. The first-order chi connectivity index (χ1) is 8.61. The van der Waals surface area contributed by atoms with Gasteiger partial charge in [0.15, 0.2) is 0 Å². The van der Waals surface area contributed by atoms with Crippen LogP contribution in [0.15, 0.2) is 0 Å². The molecule has 1 amide bonds. The summed E-state index contributed by atoms with van der Waals surface area (Å²) in [6.07, 6.45) is 3.96. The number of amides is 1. The SMILES string of the molecule is CC(OCC1(N)CCCC1)C(=O)N1CCOCC1. The van der Waals surface area contributed by atoms with Crippen molar-refractivity contribution in [3.63, 3.8) is 0 Å². The average Bonchev–Trinajstić information content (AvgIpc) is 2.83. The third-order valence-corrected chi connectivity index (χ3v) is 3.89. The predicted molar refractivity (Wildman–Crippen MR) is 68.2 cm³/mol. The van der Waals surface area contributed by atoms with Gasteiger partial charge in [0.2, 0.25) is 0 Å². The van der Waals surface area contributed by atoms with Gasteiger partial charge in [0.1, 0.15) is 6.10 Å². The van der Waals surface area contributed by atoms with Crippen molar-refractivity contribution in [3.8, 4) is 0 Å². The summed E-state index contributed by atoms with van der Waals surface area (Å²) < 4.78 is 10.9. The summed E-state index contributed by atoms with van der Waals surface area (Å²) in [6, 6.07) is 0. The van der Waals surface area contributed by atoms with Crippen molar-refractivity contribution in [2.24, 2.45) is 5.73 Å². The van der Waals surface area contributed by atoms with Gasteiger partial charge in [-0.15, -0.1) is 0 Å². The number of carbonyl (C=O) groups excluding carboxylic acids is 1. The Morgan fingerprint density at radius 3 is 2.61 bits per heavy atom. The maximum absolute atomic E-state index is 12.1. The maximum atomic E-state index is 12.1. The van der Waals surface area contributed by atoms with Crippen LogP contribution in [0.5, 0.6) is 0 Å². The van der Waals surface area contributed by atoms with Crippen LogP contribution in [0.25, 0.3) is 0 Å². The lowest BCUT2D eigenvalue weighted by Crippen LogP contribution is -2.48. The fraction of sp³-hybridized carbons (Fsp3) is 0.923. The van der Waals surface area contributed by atoms with Crippen LogP contribution < -0.4 is 5.73 Å². The van der Waals surface area contributed by atoms with Crippen LogP contribution >= 0.6 is 0 Å². The highest BCUT2D eigenvalue weighted by molar-refractivity contribution is 5.80. The molecule has 2 rings (SSSR count). The minimum atomic E-state index is -0.399. The van der Waals surface area contributed by atoms with E-state index in [1.54, 1.807) is 0 Å². The standard InChI is InChI=1S/C13H24N2O3/c1-11(12(16)15-6-8-17-9-7-15)18-10-13(14)4-2-3-5-13/h11H,2-10,14H2,1H3. The molecule has 2 aliphatic rings. The largest absolute Gasteiger partial charge is 0.378 e.